The molecule has 1 rings (SSSR count). The highest BCUT2D eigenvalue weighted by Crippen LogP contribution is 2.30. The van der Waals surface area contributed by atoms with Gasteiger partial charge in [0.2, 0.25) is 0 Å². The van der Waals surface area contributed by atoms with E-state index < -0.39 is 0 Å². The lowest BCUT2D eigenvalue weighted by Crippen LogP contribution is -2.26. The van der Waals surface area contributed by atoms with Gasteiger partial charge in [-0.1, -0.05) is 30.3 Å². The predicted molar refractivity (Wildman–Crippen MR) is 60.9 cm³/mol. The molecule has 3 heteroatoms. The second-order valence-corrected chi connectivity index (χ2v) is 4.04. The van der Waals surface area contributed by atoms with Crippen molar-refractivity contribution >= 4 is 11.8 Å². The molecule has 74 valence electrons. The van der Waals surface area contributed by atoms with Gasteiger partial charge in [0, 0.05) is 6.04 Å². The average molecular weight is 206 g/mol. The maximum Gasteiger partial charge on any atom is 0.134 e. The molecule has 0 spiro atoms. The van der Waals surface area contributed by atoms with Gasteiger partial charge >= 0.3 is 0 Å². The first-order chi connectivity index (χ1) is 6.79. The zero-order valence-corrected chi connectivity index (χ0v) is 9.21. The molecule has 0 aliphatic carbocycles. The third-order valence-corrected chi connectivity index (χ3v) is 3.26. The van der Waals surface area contributed by atoms with Crippen molar-refractivity contribution in [2.45, 2.75) is 18.2 Å². The first-order valence-electron chi connectivity index (χ1n) is 4.56. The summed E-state index contributed by atoms with van der Waals surface area (Å²) in [5, 5.41) is 14.3. The topological polar surface area (TPSA) is 35.8 Å². The number of nitriles is 1. The van der Waals surface area contributed by atoms with E-state index in [9.17, 15) is 0 Å². The Morgan fingerprint density at radius 1 is 1.36 bits per heavy atom. The van der Waals surface area contributed by atoms with Crippen molar-refractivity contribution in [3.8, 4) is 5.40 Å². The lowest BCUT2D eigenvalue weighted by atomic mass is 10.1. The van der Waals surface area contributed by atoms with Crippen molar-refractivity contribution in [1.29, 1.82) is 5.26 Å². The van der Waals surface area contributed by atoms with E-state index in [1.54, 1.807) is 0 Å². The van der Waals surface area contributed by atoms with Crippen molar-refractivity contribution < 1.29 is 0 Å². The summed E-state index contributed by atoms with van der Waals surface area (Å²) in [6.45, 7) is 2.09. The molecule has 0 saturated heterocycles. The molecule has 2 unspecified atom stereocenters. The largest absolute Gasteiger partial charge is 0.316 e. The zero-order chi connectivity index (χ0) is 10.4. The van der Waals surface area contributed by atoms with Crippen LogP contribution in [0.5, 0.6) is 0 Å². The molecule has 0 aliphatic rings. The Hall–Kier alpha value is -0.980. The van der Waals surface area contributed by atoms with Crippen LogP contribution in [-0.2, 0) is 0 Å². The van der Waals surface area contributed by atoms with Gasteiger partial charge in [0.15, 0.2) is 0 Å². The highest BCUT2D eigenvalue weighted by Gasteiger charge is 2.17. The second-order valence-electron chi connectivity index (χ2n) is 3.12. The van der Waals surface area contributed by atoms with Crippen LogP contribution in [0.3, 0.4) is 0 Å². The second kappa shape index (κ2) is 5.69. The molecular weight excluding hydrogens is 192 g/mol. The van der Waals surface area contributed by atoms with E-state index in [1.807, 2.05) is 25.2 Å². The van der Waals surface area contributed by atoms with Gasteiger partial charge in [0.1, 0.15) is 5.40 Å². The first kappa shape index (κ1) is 11.1. The van der Waals surface area contributed by atoms with Gasteiger partial charge in [-0.3, -0.25) is 0 Å². The van der Waals surface area contributed by atoms with Crippen molar-refractivity contribution in [3.05, 3.63) is 35.9 Å². The molecule has 1 N–H and O–H groups in total. The van der Waals surface area contributed by atoms with Gasteiger partial charge in [-0.2, -0.15) is 5.26 Å². The molecule has 0 heterocycles. The minimum Gasteiger partial charge on any atom is -0.316 e. The third-order valence-electron chi connectivity index (χ3n) is 2.22. The van der Waals surface area contributed by atoms with Crippen LogP contribution in [0, 0.1) is 10.7 Å². The number of nitrogens with zero attached hydrogens (tertiary/aromatic N) is 1. The number of thiocyanates is 1. The number of rotatable bonds is 4. The van der Waals surface area contributed by atoms with Crippen LogP contribution in [-0.4, -0.2) is 13.1 Å². The Morgan fingerprint density at radius 2 is 2.00 bits per heavy atom. The molecule has 0 saturated carbocycles. The highest BCUT2D eigenvalue weighted by molar-refractivity contribution is 8.04. The molecule has 2 nitrogen and oxygen atoms in total. The van der Waals surface area contributed by atoms with Crippen LogP contribution in [0.4, 0.5) is 0 Å². The van der Waals surface area contributed by atoms with E-state index >= 15 is 0 Å². The normalized spacial score (nSPS) is 14.4. The monoisotopic (exact) mass is 206 g/mol. The van der Waals surface area contributed by atoms with E-state index in [1.165, 1.54) is 17.3 Å². The molecule has 0 fully saturated rings. The standard InChI is InChI=1S/C11H14N2S/c1-9(13-2)11(14-8-12)10-6-4-3-5-7-10/h3-7,9,11,13H,1-2H3. The van der Waals surface area contributed by atoms with E-state index in [4.69, 9.17) is 5.26 Å². The average Bonchev–Trinajstić information content (AvgIpc) is 2.26. The number of likely N-dealkylation sites (N-methyl/N-ethyl adjacent to an activating group) is 1. The van der Waals surface area contributed by atoms with Crippen molar-refractivity contribution in [2.75, 3.05) is 7.05 Å². The molecule has 14 heavy (non-hydrogen) atoms. The number of nitrogens with one attached hydrogen (secondary N) is 1. The smallest absolute Gasteiger partial charge is 0.134 e. The van der Waals surface area contributed by atoms with Crippen molar-refractivity contribution in [3.63, 3.8) is 0 Å². The van der Waals surface area contributed by atoms with Crippen LogP contribution < -0.4 is 5.32 Å². The molecule has 1 aromatic carbocycles. The van der Waals surface area contributed by atoms with Gasteiger partial charge in [-0.15, -0.1) is 0 Å². The van der Waals surface area contributed by atoms with E-state index in [2.05, 4.69) is 29.8 Å². The molecule has 0 radical (unpaired) electrons. The third kappa shape index (κ3) is 2.76. The molecule has 2 atom stereocenters. The van der Waals surface area contributed by atoms with Crippen LogP contribution in [0.2, 0.25) is 0 Å². The summed E-state index contributed by atoms with van der Waals surface area (Å²) in [5.74, 6) is 0. The van der Waals surface area contributed by atoms with E-state index in [0.717, 1.165) is 0 Å². The van der Waals surface area contributed by atoms with Gasteiger partial charge in [0.25, 0.3) is 0 Å². The molecule has 0 amide bonds. The van der Waals surface area contributed by atoms with Crippen LogP contribution in [0.1, 0.15) is 17.7 Å². The van der Waals surface area contributed by atoms with Crippen molar-refractivity contribution in [2.24, 2.45) is 0 Å². The number of hydrogen-bond donors (Lipinski definition) is 1. The number of benzene rings is 1. The number of thioether (sulfide) groups is 1. The molecule has 1 aromatic rings. The molecular formula is C11H14N2S. The SMILES string of the molecule is CNC(C)C(SC#N)c1ccccc1. The number of hydrogen-bond acceptors (Lipinski definition) is 3. The minimum atomic E-state index is 0.200. The Kier molecular flexibility index (Phi) is 4.51. The van der Waals surface area contributed by atoms with Crippen LogP contribution in [0.25, 0.3) is 0 Å². The summed E-state index contributed by atoms with van der Waals surface area (Å²) in [6, 6.07) is 10.4. The minimum absolute atomic E-state index is 0.200. The Labute approximate surface area is 89.3 Å². The maximum atomic E-state index is 8.73. The fourth-order valence-corrected chi connectivity index (χ4v) is 2.06. The maximum absolute atomic E-state index is 8.73. The van der Waals surface area contributed by atoms with Crippen LogP contribution in [0.15, 0.2) is 30.3 Å². The Bertz CT molecular complexity index is 305. The van der Waals surface area contributed by atoms with E-state index in [0.29, 0.717) is 6.04 Å². The summed E-state index contributed by atoms with van der Waals surface area (Å²) in [7, 11) is 1.92. The highest BCUT2D eigenvalue weighted by atomic mass is 32.2. The van der Waals surface area contributed by atoms with Gasteiger partial charge < -0.3 is 5.32 Å². The predicted octanol–water partition coefficient (Wildman–Crippen LogP) is 2.55. The van der Waals surface area contributed by atoms with Gasteiger partial charge in [0.05, 0.1) is 5.25 Å². The van der Waals surface area contributed by atoms with Gasteiger partial charge in [-0.05, 0) is 31.3 Å². The quantitative estimate of drug-likeness (QED) is 0.769. The first-order valence-corrected chi connectivity index (χ1v) is 5.44. The van der Waals surface area contributed by atoms with Crippen molar-refractivity contribution in [1.82, 2.24) is 5.32 Å². The lowest BCUT2D eigenvalue weighted by Gasteiger charge is -2.20. The summed E-state index contributed by atoms with van der Waals surface area (Å²) in [4.78, 5) is 0. The summed E-state index contributed by atoms with van der Waals surface area (Å²) >= 11 is 1.31. The lowest BCUT2D eigenvalue weighted by molar-refractivity contribution is 0.599. The summed E-state index contributed by atoms with van der Waals surface area (Å²) in [5.41, 5.74) is 1.20. The molecule has 0 aromatic heterocycles. The van der Waals surface area contributed by atoms with Crippen LogP contribution >= 0.6 is 11.8 Å². The Balaban J connectivity index is 2.84. The zero-order valence-electron chi connectivity index (χ0n) is 8.40. The summed E-state index contributed by atoms with van der Waals surface area (Å²) in [6.07, 6.45) is 0. The summed E-state index contributed by atoms with van der Waals surface area (Å²) < 4.78 is 0. The fourth-order valence-electron chi connectivity index (χ4n) is 1.31. The molecule has 0 bridgehead atoms. The fraction of sp³-hybridized carbons (Fsp3) is 0.364. The molecule has 0 aliphatic heterocycles. The van der Waals surface area contributed by atoms with E-state index in [-0.39, 0.29) is 5.25 Å². The Morgan fingerprint density at radius 3 is 2.50 bits per heavy atom. The van der Waals surface area contributed by atoms with Gasteiger partial charge in [-0.25, -0.2) is 0 Å².